The van der Waals surface area contributed by atoms with Crippen molar-refractivity contribution in [2.24, 2.45) is 0 Å². The van der Waals surface area contributed by atoms with Crippen LogP contribution in [0.1, 0.15) is 42.5 Å². The third-order valence-electron chi connectivity index (χ3n) is 3.59. The Bertz CT molecular complexity index is 489. The summed E-state index contributed by atoms with van der Waals surface area (Å²) >= 11 is 0. The molecule has 4 heteroatoms. The lowest BCUT2D eigenvalue weighted by Gasteiger charge is -2.32. The molecule has 0 spiro atoms. The lowest BCUT2D eigenvalue weighted by atomic mass is 9.93. The number of hydrogen-bond donors (Lipinski definition) is 0. The second-order valence-corrected chi connectivity index (χ2v) is 4.89. The maximum atomic E-state index is 13.2. The number of nitrogens with zero attached hydrogens (tertiary/aromatic N) is 2. The van der Waals surface area contributed by atoms with Gasteiger partial charge < -0.3 is 4.90 Å². The lowest BCUT2D eigenvalue weighted by molar-refractivity contribution is 0.0666. The molecule has 1 aliphatic carbocycles. The summed E-state index contributed by atoms with van der Waals surface area (Å²) in [7, 11) is 0. The summed E-state index contributed by atoms with van der Waals surface area (Å²) in [4.78, 5) is 14.0. The number of carbonyl (C=O) groups is 1. The highest BCUT2D eigenvalue weighted by atomic mass is 19.1. The van der Waals surface area contributed by atoms with Crippen LogP contribution in [0.2, 0.25) is 0 Å². The van der Waals surface area contributed by atoms with Crippen LogP contribution < -0.4 is 0 Å². The molecule has 1 aromatic carbocycles. The topological polar surface area (TPSA) is 44.1 Å². The van der Waals surface area contributed by atoms with Crippen molar-refractivity contribution < 1.29 is 9.18 Å². The Labute approximate surface area is 112 Å². The van der Waals surface area contributed by atoms with E-state index in [2.05, 4.69) is 0 Å². The van der Waals surface area contributed by atoms with Crippen LogP contribution >= 0.6 is 0 Å². The van der Waals surface area contributed by atoms with E-state index < -0.39 is 5.82 Å². The molecule has 0 unspecified atom stereocenters. The Morgan fingerprint density at radius 3 is 2.74 bits per heavy atom. The van der Waals surface area contributed by atoms with Gasteiger partial charge in [0.05, 0.1) is 6.07 Å². The zero-order valence-corrected chi connectivity index (χ0v) is 10.8. The van der Waals surface area contributed by atoms with E-state index in [-0.39, 0.29) is 18.5 Å². The third kappa shape index (κ3) is 3.31. The first-order valence-electron chi connectivity index (χ1n) is 6.66. The van der Waals surface area contributed by atoms with E-state index >= 15 is 0 Å². The summed E-state index contributed by atoms with van der Waals surface area (Å²) in [5.41, 5.74) is 0.320. The number of halogens is 1. The van der Waals surface area contributed by atoms with E-state index in [0.29, 0.717) is 5.56 Å². The average Bonchev–Trinajstić information content (AvgIpc) is 2.45. The van der Waals surface area contributed by atoms with Crippen LogP contribution in [0.15, 0.2) is 24.3 Å². The van der Waals surface area contributed by atoms with Crippen LogP contribution in [0.25, 0.3) is 0 Å². The largest absolute Gasteiger partial charge is 0.322 e. The van der Waals surface area contributed by atoms with Crippen molar-refractivity contribution in [1.82, 2.24) is 4.90 Å². The molecule has 2 rings (SSSR count). The highest BCUT2D eigenvalue weighted by Crippen LogP contribution is 2.24. The van der Waals surface area contributed by atoms with E-state index in [4.69, 9.17) is 5.26 Å². The molecule has 1 amide bonds. The van der Waals surface area contributed by atoms with E-state index in [1.807, 2.05) is 6.07 Å². The molecule has 0 aromatic heterocycles. The number of carbonyl (C=O) groups excluding carboxylic acids is 1. The standard InChI is InChI=1S/C15H17FN2O/c16-13-6-4-5-12(11-13)15(19)18(10-9-17)14-7-2-1-3-8-14/h4-6,11,14H,1-3,7-8,10H2. The van der Waals surface area contributed by atoms with Gasteiger partial charge in [0.1, 0.15) is 12.4 Å². The first-order chi connectivity index (χ1) is 9.22. The molecule has 0 N–H and O–H groups in total. The Hall–Kier alpha value is -1.89. The summed E-state index contributed by atoms with van der Waals surface area (Å²) in [5, 5.41) is 8.90. The quantitative estimate of drug-likeness (QED) is 0.784. The fourth-order valence-corrected chi connectivity index (χ4v) is 2.62. The molecule has 19 heavy (non-hydrogen) atoms. The molecule has 1 aromatic rings. The molecule has 0 atom stereocenters. The van der Waals surface area contributed by atoms with Crippen LogP contribution in [0.5, 0.6) is 0 Å². The molecule has 0 radical (unpaired) electrons. The highest BCUT2D eigenvalue weighted by molar-refractivity contribution is 5.94. The van der Waals surface area contributed by atoms with Gasteiger partial charge in [-0.1, -0.05) is 25.3 Å². The van der Waals surface area contributed by atoms with E-state index in [1.54, 1.807) is 11.0 Å². The van der Waals surface area contributed by atoms with Crippen molar-refractivity contribution in [2.45, 2.75) is 38.1 Å². The zero-order valence-electron chi connectivity index (χ0n) is 10.8. The number of benzene rings is 1. The minimum Gasteiger partial charge on any atom is -0.322 e. The molecular formula is C15H17FN2O. The van der Waals surface area contributed by atoms with E-state index in [0.717, 1.165) is 25.7 Å². The number of nitriles is 1. The Morgan fingerprint density at radius 2 is 2.11 bits per heavy atom. The summed E-state index contributed by atoms with van der Waals surface area (Å²) in [6.45, 7) is 0.0695. The fourth-order valence-electron chi connectivity index (χ4n) is 2.62. The normalized spacial score (nSPS) is 15.8. The molecule has 100 valence electrons. The highest BCUT2D eigenvalue weighted by Gasteiger charge is 2.26. The molecule has 0 bridgehead atoms. The van der Waals surface area contributed by atoms with Gasteiger partial charge in [0.25, 0.3) is 5.91 Å². The predicted octanol–water partition coefficient (Wildman–Crippen LogP) is 3.12. The van der Waals surface area contributed by atoms with Crippen LogP contribution in [0, 0.1) is 17.1 Å². The van der Waals surface area contributed by atoms with Gasteiger partial charge in [-0.15, -0.1) is 0 Å². The first kappa shape index (κ1) is 13.5. The zero-order chi connectivity index (χ0) is 13.7. The van der Waals surface area contributed by atoms with Crippen LogP contribution in [0.3, 0.4) is 0 Å². The average molecular weight is 260 g/mol. The number of hydrogen-bond acceptors (Lipinski definition) is 2. The molecule has 0 saturated heterocycles. The van der Waals surface area contributed by atoms with Gasteiger partial charge >= 0.3 is 0 Å². The summed E-state index contributed by atoms with van der Waals surface area (Å²) in [6, 6.07) is 7.82. The van der Waals surface area contributed by atoms with Crippen molar-refractivity contribution in [3.63, 3.8) is 0 Å². The van der Waals surface area contributed by atoms with Crippen LogP contribution in [0.4, 0.5) is 4.39 Å². The minimum atomic E-state index is -0.425. The second-order valence-electron chi connectivity index (χ2n) is 4.89. The molecule has 1 fully saturated rings. The smallest absolute Gasteiger partial charge is 0.255 e. The third-order valence-corrected chi connectivity index (χ3v) is 3.59. The number of amides is 1. The minimum absolute atomic E-state index is 0.0695. The monoisotopic (exact) mass is 260 g/mol. The Kier molecular flexibility index (Phi) is 4.51. The molecule has 0 heterocycles. The van der Waals surface area contributed by atoms with E-state index in [1.165, 1.54) is 24.6 Å². The number of rotatable bonds is 3. The lowest BCUT2D eigenvalue weighted by Crippen LogP contribution is -2.41. The van der Waals surface area contributed by atoms with Gasteiger partial charge in [-0.25, -0.2) is 4.39 Å². The fraction of sp³-hybridized carbons (Fsp3) is 0.467. The molecular weight excluding hydrogens is 243 g/mol. The molecule has 1 saturated carbocycles. The van der Waals surface area contributed by atoms with Gasteiger partial charge in [-0.3, -0.25) is 4.79 Å². The van der Waals surface area contributed by atoms with E-state index in [9.17, 15) is 9.18 Å². The van der Waals surface area contributed by atoms with Gasteiger partial charge in [-0.2, -0.15) is 5.26 Å². The van der Waals surface area contributed by atoms with Crippen molar-refractivity contribution >= 4 is 5.91 Å². The molecule has 0 aliphatic heterocycles. The summed E-state index contributed by atoms with van der Waals surface area (Å²) < 4.78 is 13.2. The predicted molar refractivity (Wildman–Crippen MR) is 69.9 cm³/mol. The summed E-state index contributed by atoms with van der Waals surface area (Å²) in [6.07, 6.45) is 5.22. The van der Waals surface area contributed by atoms with Crippen molar-refractivity contribution in [1.29, 1.82) is 5.26 Å². The summed E-state index contributed by atoms with van der Waals surface area (Å²) in [5.74, 6) is -0.667. The Morgan fingerprint density at radius 1 is 1.37 bits per heavy atom. The second kappa shape index (κ2) is 6.33. The molecule has 3 nitrogen and oxygen atoms in total. The van der Waals surface area contributed by atoms with Crippen LogP contribution in [-0.4, -0.2) is 23.4 Å². The maximum absolute atomic E-state index is 13.2. The molecule has 1 aliphatic rings. The van der Waals surface area contributed by atoms with Crippen molar-refractivity contribution in [3.05, 3.63) is 35.6 Å². The SMILES string of the molecule is N#CCN(C(=O)c1cccc(F)c1)C1CCCCC1. The van der Waals surface area contributed by atoms with Gasteiger partial charge in [0, 0.05) is 11.6 Å². The maximum Gasteiger partial charge on any atom is 0.255 e. The van der Waals surface area contributed by atoms with Gasteiger partial charge in [-0.05, 0) is 31.0 Å². The van der Waals surface area contributed by atoms with Crippen LogP contribution in [-0.2, 0) is 0 Å². The van der Waals surface area contributed by atoms with Crippen molar-refractivity contribution in [3.8, 4) is 6.07 Å². The first-order valence-corrected chi connectivity index (χ1v) is 6.66. The van der Waals surface area contributed by atoms with Gasteiger partial charge in [0.2, 0.25) is 0 Å². The Balaban J connectivity index is 2.18. The van der Waals surface area contributed by atoms with Gasteiger partial charge in [0.15, 0.2) is 0 Å². The van der Waals surface area contributed by atoms with Crippen molar-refractivity contribution in [2.75, 3.05) is 6.54 Å².